The van der Waals surface area contributed by atoms with E-state index in [1.54, 1.807) is 0 Å². The molecule has 0 aliphatic heterocycles. The van der Waals surface area contributed by atoms with Gasteiger partial charge >= 0.3 is 0 Å². The van der Waals surface area contributed by atoms with Crippen molar-refractivity contribution < 1.29 is 14.5 Å². The van der Waals surface area contributed by atoms with Crippen LogP contribution in [0.25, 0.3) is 0 Å². The number of carbonyl (C=O) groups excluding carboxylic acids is 1. The first-order valence-corrected chi connectivity index (χ1v) is 5.92. The molecule has 92 valence electrons. The van der Waals surface area contributed by atoms with Crippen molar-refractivity contribution in [3.8, 4) is 0 Å². The number of unbranched alkanes of at least 4 members (excludes halogenated alkanes) is 2. The van der Waals surface area contributed by atoms with Crippen molar-refractivity contribution in [2.75, 3.05) is 0 Å². The molecule has 1 rings (SSSR count). The van der Waals surface area contributed by atoms with Gasteiger partial charge in [0, 0.05) is 5.97 Å². The second kappa shape index (κ2) is 10.2. The topological polar surface area (TPSA) is 59.8 Å². The number of carbonyl (C=O) groups is 1. The first-order chi connectivity index (χ1) is 7.70. The summed E-state index contributed by atoms with van der Waals surface area (Å²) in [5.74, 6) is -0.943. The fourth-order valence-corrected chi connectivity index (χ4v) is 1.12. The van der Waals surface area contributed by atoms with Gasteiger partial charge in [0.25, 0.3) is 0 Å². The molecule has 0 aliphatic rings. The maximum absolute atomic E-state index is 9.65. The van der Waals surface area contributed by atoms with E-state index in [1.165, 1.54) is 12.8 Å². The van der Waals surface area contributed by atoms with Gasteiger partial charge in [-0.2, -0.15) is 0 Å². The lowest BCUT2D eigenvalue weighted by atomic mass is 10.3. The summed E-state index contributed by atoms with van der Waals surface area (Å²) in [7, 11) is 0. The summed E-state index contributed by atoms with van der Waals surface area (Å²) in [6, 6.07) is 0. The van der Waals surface area contributed by atoms with Gasteiger partial charge in [0.1, 0.15) is 12.4 Å². The fourth-order valence-electron chi connectivity index (χ4n) is 1.12. The highest BCUT2D eigenvalue weighted by Gasteiger charge is 1.92. The summed E-state index contributed by atoms with van der Waals surface area (Å²) in [5, 5.41) is 9.65. The number of carboxylic acid groups (broad SMARTS) is 1. The Kier molecular flexibility index (Phi) is 9.36. The van der Waals surface area contributed by atoms with E-state index < -0.39 is 5.97 Å². The van der Waals surface area contributed by atoms with Gasteiger partial charge in [-0.3, -0.25) is 4.98 Å². The number of imidazole rings is 1. The van der Waals surface area contributed by atoms with Gasteiger partial charge in [-0.1, -0.05) is 26.7 Å². The van der Waals surface area contributed by atoms with Crippen molar-refractivity contribution in [3.05, 3.63) is 18.7 Å². The van der Waals surface area contributed by atoms with Crippen LogP contribution in [0.15, 0.2) is 18.7 Å². The molecule has 0 radical (unpaired) electrons. The Bertz CT molecular complexity index is 258. The molecule has 0 saturated carbocycles. The Labute approximate surface area is 97.3 Å². The minimum atomic E-state index is -0.943. The Morgan fingerprint density at radius 2 is 2.00 bits per heavy atom. The molecule has 16 heavy (non-hydrogen) atoms. The number of aryl methyl sites for hydroxylation is 1. The maximum atomic E-state index is 9.65. The molecule has 0 bridgehead atoms. The average Bonchev–Trinajstić information content (AvgIpc) is 2.77. The molecule has 1 aromatic heterocycles. The van der Waals surface area contributed by atoms with Gasteiger partial charge in [0.05, 0.1) is 6.54 Å². The zero-order valence-corrected chi connectivity index (χ0v) is 10.2. The number of nitrogens with one attached hydrogen (secondary N) is 1. The number of carboxylic acids is 1. The number of hydrogen-bond acceptors (Lipinski definition) is 2. The smallest absolute Gasteiger partial charge is 0.241 e. The number of aromatic nitrogens is 2. The summed E-state index contributed by atoms with van der Waals surface area (Å²) in [6.45, 7) is 5.29. The predicted molar refractivity (Wildman–Crippen MR) is 60.4 cm³/mol. The number of aromatic amines is 1. The summed E-state index contributed by atoms with van der Waals surface area (Å²) >= 11 is 0. The third-order valence-corrected chi connectivity index (χ3v) is 2.11. The predicted octanol–water partition coefficient (Wildman–Crippen LogP) is 1.03. The Balaban J connectivity index is 0.000000293. The molecule has 1 N–H and O–H groups in total. The summed E-state index contributed by atoms with van der Waals surface area (Å²) in [5.41, 5.74) is 0. The molecule has 0 aromatic carbocycles. The van der Waals surface area contributed by atoms with Crippen molar-refractivity contribution in [2.24, 2.45) is 0 Å². The number of H-pyrrole nitrogens is 1. The molecule has 1 aromatic rings. The lowest BCUT2D eigenvalue weighted by Crippen LogP contribution is -2.29. The normalized spacial score (nSPS) is 9.38. The van der Waals surface area contributed by atoms with Crippen LogP contribution in [-0.2, 0) is 11.3 Å². The first kappa shape index (κ1) is 14.7. The van der Waals surface area contributed by atoms with Crippen LogP contribution in [0.2, 0.25) is 0 Å². The van der Waals surface area contributed by atoms with E-state index in [9.17, 15) is 9.90 Å². The quantitative estimate of drug-likeness (QED) is 0.736. The van der Waals surface area contributed by atoms with Crippen LogP contribution in [0.3, 0.4) is 0 Å². The highest BCUT2D eigenvalue weighted by Crippen LogP contribution is 1.89. The highest BCUT2D eigenvalue weighted by molar-refractivity contribution is 5.63. The zero-order valence-electron chi connectivity index (χ0n) is 10.2. The van der Waals surface area contributed by atoms with E-state index in [4.69, 9.17) is 0 Å². The molecule has 0 saturated heterocycles. The minimum absolute atomic E-state index is 0.205. The molecule has 0 unspecified atom stereocenters. The van der Waals surface area contributed by atoms with Crippen LogP contribution >= 0.6 is 0 Å². The minimum Gasteiger partial charge on any atom is -0.550 e. The van der Waals surface area contributed by atoms with Gasteiger partial charge in [-0.15, -0.1) is 0 Å². The molecule has 0 spiro atoms. The number of rotatable bonds is 6. The molecule has 0 amide bonds. The zero-order chi connectivity index (χ0) is 12.2. The fraction of sp³-hybridized carbons (Fsp3) is 0.667. The van der Waals surface area contributed by atoms with Crippen LogP contribution in [0.1, 0.15) is 46.0 Å². The van der Waals surface area contributed by atoms with Crippen molar-refractivity contribution in [3.63, 3.8) is 0 Å². The van der Waals surface area contributed by atoms with Crippen LogP contribution in [0.5, 0.6) is 0 Å². The molecule has 4 heteroatoms. The molecule has 4 nitrogen and oxygen atoms in total. The summed E-state index contributed by atoms with van der Waals surface area (Å²) < 4.78 is 2.16. The molecule has 0 atom stereocenters. The maximum Gasteiger partial charge on any atom is 0.241 e. The monoisotopic (exact) mass is 226 g/mol. The number of aliphatic carboxylic acids is 1. The second-order valence-electron chi connectivity index (χ2n) is 3.68. The van der Waals surface area contributed by atoms with E-state index in [0.717, 1.165) is 19.4 Å². The summed E-state index contributed by atoms with van der Waals surface area (Å²) in [4.78, 5) is 12.6. The van der Waals surface area contributed by atoms with E-state index in [2.05, 4.69) is 22.7 Å². The molecular formula is C12H22N2O2. The van der Waals surface area contributed by atoms with E-state index >= 15 is 0 Å². The van der Waals surface area contributed by atoms with Crippen molar-refractivity contribution in [1.29, 1.82) is 0 Å². The Morgan fingerprint density at radius 1 is 1.31 bits per heavy atom. The standard InChI is InChI=1S/C7H12N2.C5H10O2/c1-2-3-5-9-6-4-8-7-9;1-2-3-4-5(6)7/h4,6-7H,2-3,5H2,1H3;2-4H2,1H3,(H,6,7). The van der Waals surface area contributed by atoms with Crippen molar-refractivity contribution in [2.45, 2.75) is 52.5 Å². The van der Waals surface area contributed by atoms with Gasteiger partial charge < -0.3 is 9.90 Å². The van der Waals surface area contributed by atoms with Gasteiger partial charge in [-0.05, 0) is 19.3 Å². The highest BCUT2D eigenvalue weighted by atomic mass is 16.4. The van der Waals surface area contributed by atoms with Gasteiger partial charge in [0.15, 0.2) is 0 Å². The largest absolute Gasteiger partial charge is 0.550 e. The lowest BCUT2D eigenvalue weighted by Gasteiger charge is -1.95. The Hall–Kier alpha value is -1.32. The average molecular weight is 226 g/mol. The van der Waals surface area contributed by atoms with Crippen LogP contribution < -0.4 is 9.67 Å². The molecule has 0 aliphatic carbocycles. The van der Waals surface area contributed by atoms with E-state index in [0.29, 0.717) is 0 Å². The van der Waals surface area contributed by atoms with Crippen LogP contribution in [-0.4, -0.2) is 11.0 Å². The van der Waals surface area contributed by atoms with Crippen molar-refractivity contribution >= 4 is 5.97 Å². The van der Waals surface area contributed by atoms with Crippen molar-refractivity contribution in [1.82, 2.24) is 4.98 Å². The van der Waals surface area contributed by atoms with E-state index in [-0.39, 0.29) is 6.42 Å². The third kappa shape index (κ3) is 9.24. The lowest BCUT2D eigenvalue weighted by molar-refractivity contribution is -0.696. The summed E-state index contributed by atoms with van der Waals surface area (Å²) in [6.07, 6.45) is 10.4. The van der Waals surface area contributed by atoms with Crippen LogP contribution in [0.4, 0.5) is 0 Å². The molecule has 0 fully saturated rings. The third-order valence-electron chi connectivity index (χ3n) is 2.11. The Morgan fingerprint density at radius 3 is 2.38 bits per heavy atom. The van der Waals surface area contributed by atoms with Gasteiger partial charge in [0.2, 0.25) is 6.33 Å². The van der Waals surface area contributed by atoms with Crippen LogP contribution in [0, 0.1) is 0 Å². The van der Waals surface area contributed by atoms with Gasteiger partial charge in [-0.25, -0.2) is 4.57 Å². The number of hydrogen-bond donors (Lipinski definition) is 1. The number of nitrogens with zero attached hydrogens (tertiary/aromatic N) is 1. The molecule has 1 heterocycles. The molecular weight excluding hydrogens is 204 g/mol. The van der Waals surface area contributed by atoms with E-state index in [1.807, 2.05) is 19.4 Å². The second-order valence-corrected chi connectivity index (χ2v) is 3.68. The first-order valence-electron chi connectivity index (χ1n) is 5.92. The SMILES string of the molecule is CCCCC(=O)[O-].CCCC[n+]1cc[nH]c1.